The highest BCUT2D eigenvalue weighted by molar-refractivity contribution is 5.73. The Morgan fingerprint density at radius 2 is 2.00 bits per heavy atom. The summed E-state index contributed by atoms with van der Waals surface area (Å²) in [6, 6.07) is 14.7. The SMILES string of the molecule is CC(=O)N1CCC(Cc2cccc(-c3ccc(C)cc3)n2)C1. The van der Waals surface area contributed by atoms with Gasteiger partial charge in [0.2, 0.25) is 5.91 Å². The summed E-state index contributed by atoms with van der Waals surface area (Å²) in [6.07, 6.45) is 2.03. The van der Waals surface area contributed by atoms with Gasteiger partial charge >= 0.3 is 0 Å². The van der Waals surface area contributed by atoms with Crippen molar-refractivity contribution >= 4 is 5.91 Å². The average Bonchev–Trinajstić information content (AvgIpc) is 2.97. The molecule has 3 heteroatoms. The molecule has 2 heterocycles. The fourth-order valence-corrected chi connectivity index (χ4v) is 3.06. The van der Waals surface area contributed by atoms with Crippen molar-refractivity contribution in [1.29, 1.82) is 0 Å². The van der Waals surface area contributed by atoms with Gasteiger partial charge in [0.25, 0.3) is 0 Å². The number of hydrogen-bond acceptors (Lipinski definition) is 2. The van der Waals surface area contributed by atoms with Crippen molar-refractivity contribution in [1.82, 2.24) is 9.88 Å². The fraction of sp³-hybridized carbons (Fsp3) is 0.368. The van der Waals surface area contributed by atoms with E-state index in [2.05, 4.69) is 49.4 Å². The van der Waals surface area contributed by atoms with Crippen LogP contribution in [0.15, 0.2) is 42.5 Å². The number of carbonyl (C=O) groups excluding carboxylic acids is 1. The molecular weight excluding hydrogens is 272 g/mol. The van der Waals surface area contributed by atoms with Crippen molar-refractivity contribution in [2.75, 3.05) is 13.1 Å². The van der Waals surface area contributed by atoms with Crippen molar-refractivity contribution < 1.29 is 4.79 Å². The van der Waals surface area contributed by atoms with Gasteiger partial charge in [-0.15, -0.1) is 0 Å². The lowest BCUT2D eigenvalue weighted by Gasteiger charge is -2.14. The third-order valence-electron chi connectivity index (χ3n) is 4.38. The molecule has 0 N–H and O–H groups in total. The van der Waals surface area contributed by atoms with Crippen LogP contribution in [0, 0.1) is 12.8 Å². The van der Waals surface area contributed by atoms with Crippen molar-refractivity contribution in [2.24, 2.45) is 5.92 Å². The van der Waals surface area contributed by atoms with Crippen molar-refractivity contribution in [3.63, 3.8) is 0 Å². The molecule has 0 spiro atoms. The molecular formula is C19H22N2O. The van der Waals surface area contributed by atoms with E-state index >= 15 is 0 Å². The van der Waals surface area contributed by atoms with Gasteiger partial charge in [-0.25, -0.2) is 0 Å². The van der Waals surface area contributed by atoms with Crippen LogP contribution in [-0.2, 0) is 11.2 Å². The van der Waals surface area contributed by atoms with E-state index in [4.69, 9.17) is 4.98 Å². The van der Waals surface area contributed by atoms with Crippen LogP contribution in [-0.4, -0.2) is 28.9 Å². The summed E-state index contributed by atoms with van der Waals surface area (Å²) in [7, 11) is 0. The maximum absolute atomic E-state index is 11.4. The van der Waals surface area contributed by atoms with Gasteiger partial charge in [0.05, 0.1) is 5.69 Å². The summed E-state index contributed by atoms with van der Waals surface area (Å²) < 4.78 is 0. The number of amides is 1. The van der Waals surface area contributed by atoms with E-state index in [-0.39, 0.29) is 5.91 Å². The van der Waals surface area contributed by atoms with Crippen LogP contribution >= 0.6 is 0 Å². The lowest BCUT2D eigenvalue weighted by molar-refractivity contribution is -0.127. The zero-order valence-corrected chi connectivity index (χ0v) is 13.2. The third-order valence-corrected chi connectivity index (χ3v) is 4.38. The van der Waals surface area contributed by atoms with Crippen molar-refractivity contribution in [3.05, 3.63) is 53.7 Å². The maximum atomic E-state index is 11.4. The van der Waals surface area contributed by atoms with Gasteiger partial charge in [-0.1, -0.05) is 35.9 Å². The predicted molar refractivity (Wildman–Crippen MR) is 88.5 cm³/mol. The number of rotatable bonds is 3. The fourth-order valence-electron chi connectivity index (χ4n) is 3.06. The molecule has 2 aromatic rings. The second kappa shape index (κ2) is 6.30. The molecule has 1 saturated heterocycles. The number of likely N-dealkylation sites (tertiary alicyclic amines) is 1. The van der Waals surface area contributed by atoms with Crippen LogP contribution in [0.25, 0.3) is 11.3 Å². The summed E-state index contributed by atoms with van der Waals surface area (Å²) in [4.78, 5) is 18.2. The number of aryl methyl sites for hydroxylation is 1. The topological polar surface area (TPSA) is 33.2 Å². The van der Waals surface area contributed by atoms with Crippen molar-refractivity contribution in [3.8, 4) is 11.3 Å². The standard InChI is InChI=1S/C19H22N2O/c1-14-6-8-17(9-7-14)19-5-3-4-18(20-19)12-16-10-11-21(13-16)15(2)22/h3-9,16H,10-13H2,1-2H3. The van der Waals surface area contributed by atoms with Crippen LogP contribution in [0.5, 0.6) is 0 Å². The summed E-state index contributed by atoms with van der Waals surface area (Å²) in [5, 5.41) is 0. The smallest absolute Gasteiger partial charge is 0.219 e. The van der Waals surface area contributed by atoms with Crippen LogP contribution in [0.3, 0.4) is 0 Å². The molecule has 114 valence electrons. The second-order valence-corrected chi connectivity index (χ2v) is 6.20. The maximum Gasteiger partial charge on any atom is 0.219 e. The number of nitrogens with zero attached hydrogens (tertiary/aromatic N) is 2. The zero-order chi connectivity index (χ0) is 15.5. The minimum absolute atomic E-state index is 0.184. The minimum atomic E-state index is 0.184. The summed E-state index contributed by atoms with van der Waals surface area (Å²) in [5.41, 5.74) is 4.56. The molecule has 3 rings (SSSR count). The number of hydrogen-bond donors (Lipinski definition) is 0. The molecule has 1 aromatic carbocycles. The highest BCUT2D eigenvalue weighted by Gasteiger charge is 2.24. The van der Waals surface area contributed by atoms with Crippen molar-refractivity contribution in [2.45, 2.75) is 26.7 Å². The van der Waals surface area contributed by atoms with Crippen LogP contribution in [0.4, 0.5) is 0 Å². The Labute approximate surface area is 132 Å². The summed E-state index contributed by atoms with van der Waals surface area (Å²) in [5.74, 6) is 0.716. The number of benzene rings is 1. The van der Waals surface area contributed by atoms with Gasteiger partial charge < -0.3 is 4.90 Å². The molecule has 1 aliphatic rings. The Morgan fingerprint density at radius 1 is 1.23 bits per heavy atom. The van der Waals surface area contributed by atoms with E-state index in [1.807, 2.05) is 4.90 Å². The molecule has 0 saturated carbocycles. The molecule has 3 nitrogen and oxygen atoms in total. The van der Waals surface area contributed by atoms with Gasteiger partial charge in [-0.05, 0) is 37.8 Å². The van der Waals surface area contributed by atoms with Crippen LogP contribution in [0.1, 0.15) is 24.6 Å². The van der Waals surface area contributed by atoms with Gasteiger partial charge in [0, 0.05) is 31.3 Å². The van der Waals surface area contributed by atoms with Gasteiger partial charge in [-0.2, -0.15) is 0 Å². The quantitative estimate of drug-likeness (QED) is 0.868. The lowest BCUT2D eigenvalue weighted by Crippen LogP contribution is -2.26. The van der Waals surface area contributed by atoms with Gasteiger partial charge in [0.1, 0.15) is 0 Å². The molecule has 1 fully saturated rings. The summed E-state index contributed by atoms with van der Waals surface area (Å²) >= 11 is 0. The first-order valence-electron chi connectivity index (χ1n) is 7.90. The summed E-state index contributed by atoms with van der Waals surface area (Å²) in [6.45, 7) is 5.50. The second-order valence-electron chi connectivity index (χ2n) is 6.20. The van der Waals surface area contributed by atoms with E-state index in [1.54, 1.807) is 6.92 Å². The lowest BCUT2D eigenvalue weighted by atomic mass is 10.0. The molecule has 1 aromatic heterocycles. The molecule has 1 unspecified atom stereocenters. The van der Waals surface area contributed by atoms with E-state index in [0.717, 1.165) is 42.9 Å². The monoisotopic (exact) mass is 294 g/mol. The number of aromatic nitrogens is 1. The molecule has 1 atom stereocenters. The molecule has 0 radical (unpaired) electrons. The molecule has 0 aliphatic carbocycles. The molecule has 0 bridgehead atoms. The minimum Gasteiger partial charge on any atom is -0.343 e. The number of pyridine rings is 1. The first-order chi connectivity index (χ1) is 10.6. The predicted octanol–water partition coefficient (Wildman–Crippen LogP) is 3.47. The Bertz CT molecular complexity index is 663. The Balaban J connectivity index is 1.72. The highest BCUT2D eigenvalue weighted by Crippen LogP contribution is 2.22. The van der Waals surface area contributed by atoms with Gasteiger partial charge in [-0.3, -0.25) is 9.78 Å². The molecule has 1 amide bonds. The first-order valence-corrected chi connectivity index (χ1v) is 7.90. The van der Waals surface area contributed by atoms with E-state index < -0.39 is 0 Å². The van der Waals surface area contributed by atoms with Gasteiger partial charge in [0.15, 0.2) is 0 Å². The van der Waals surface area contributed by atoms with Crippen LogP contribution in [0.2, 0.25) is 0 Å². The normalized spacial score (nSPS) is 17.7. The van der Waals surface area contributed by atoms with Crippen LogP contribution < -0.4 is 0 Å². The van der Waals surface area contributed by atoms with E-state index in [1.165, 1.54) is 5.56 Å². The molecule has 22 heavy (non-hydrogen) atoms. The van der Waals surface area contributed by atoms with E-state index in [0.29, 0.717) is 5.92 Å². The Morgan fingerprint density at radius 3 is 2.68 bits per heavy atom. The highest BCUT2D eigenvalue weighted by atomic mass is 16.2. The van der Waals surface area contributed by atoms with E-state index in [9.17, 15) is 4.79 Å². The average molecular weight is 294 g/mol. The largest absolute Gasteiger partial charge is 0.343 e. The Hall–Kier alpha value is -2.16. The molecule has 1 aliphatic heterocycles. The third kappa shape index (κ3) is 3.35. The number of carbonyl (C=O) groups is 1. The Kier molecular flexibility index (Phi) is 4.23. The first kappa shape index (κ1) is 14.8. The zero-order valence-electron chi connectivity index (χ0n) is 13.2.